The normalized spacial score (nSPS) is 16.4. The number of benzene rings is 2. The number of hydrogen-bond donors (Lipinski definition) is 3. The molecular weight excluding hydrogens is 321 g/mol. The molecule has 0 saturated carbocycles. The van der Waals surface area contributed by atoms with Crippen LogP contribution in [0.25, 0.3) is 11.3 Å². The van der Waals surface area contributed by atoms with Gasteiger partial charge in [-0.3, -0.25) is 9.89 Å². The molecule has 0 aliphatic carbocycles. The molecule has 5 nitrogen and oxygen atoms in total. The van der Waals surface area contributed by atoms with Crippen molar-refractivity contribution in [3.63, 3.8) is 0 Å². The molecule has 1 aliphatic heterocycles. The van der Waals surface area contributed by atoms with E-state index in [0.29, 0.717) is 5.69 Å². The summed E-state index contributed by atoms with van der Waals surface area (Å²) in [6, 6.07) is 9.60. The summed E-state index contributed by atoms with van der Waals surface area (Å²) >= 11 is 0. The standard InChI is InChI=1S/C19H16FN3O2/c1-10-6-14-13(7-18(25)22-16(14)8-17(10)24)15-9-21-23-19(15)11-2-4-12(20)5-3-11/h2-6,8-9,13,24H,7H2,1H3,(H,21,23)(H,22,25)/t13-/m0/s1. The van der Waals surface area contributed by atoms with Crippen LogP contribution in [0.1, 0.15) is 29.0 Å². The number of phenols is 1. The zero-order chi connectivity index (χ0) is 17.6. The number of aromatic amines is 1. The molecule has 2 aromatic carbocycles. The van der Waals surface area contributed by atoms with Crippen LogP contribution in [0.15, 0.2) is 42.6 Å². The van der Waals surface area contributed by atoms with Crippen LogP contribution < -0.4 is 5.32 Å². The molecule has 0 fully saturated rings. The third-order valence-electron chi connectivity index (χ3n) is 4.58. The van der Waals surface area contributed by atoms with Crippen molar-refractivity contribution in [3.8, 4) is 17.0 Å². The van der Waals surface area contributed by atoms with Gasteiger partial charge in [0.25, 0.3) is 0 Å². The minimum absolute atomic E-state index is 0.119. The number of phenolic OH excluding ortho intramolecular Hbond substituents is 1. The van der Waals surface area contributed by atoms with E-state index < -0.39 is 0 Å². The molecule has 1 aliphatic rings. The predicted octanol–water partition coefficient (Wildman–Crippen LogP) is 3.70. The Morgan fingerprint density at radius 1 is 1.20 bits per heavy atom. The van der Waals surface area contributed by atoms with E-state index in [1.54, 1.807) is 24.4 Å². The van der Waals surface area contributed by atoms with E-state index in [1.165, 1.54) is 12.1 Å². The van der Waals surface area contributed by atoms with Gasteiger partial charge in [0.05, 0.1) is 11.9 Å². The third kappa shape index (κ3) is 2.65. The number of aromatic hydroxyl groups is 1. The highest BCUT2D eigenvalue weighted by molar-refractivity contribution is 5.96. The van der Waals surface area contributed by atoms with Gasteiger partial charge in [0.1, 0.15) is 11.6 Å². The molecule has 4 rings (SSSR count). The predicted molar refractivity (Wildman–Crippen MR) is 91.9 cm³/mol. The van der Waals surface area contributed by atoms with Gasteiger partial charge in [-0.25, -0.2) is 4.39 Å². The number of H-pyrrole nitrogens is 1. The second-order valence-corrected chi connectivity index (χ2v) is 6.24. The average Bonchev–Trinajstić information content (AvgIpc) is 3.06. The number of hydrogen-bond acceptors (Lipinski definition) is 3. The SMILES string of the molecule is Cc1cc2c(cc1O)NC(=O)C[C@@H]2c1cn[nH]c1-c1ccc(F)cc1. The van der Waals surface area contributed by atoms with Crippen LogP contribution in [0.5, 0.6) is 5.75 Å². The Hall–Kier alpha value is -3.15. The van der Waals surface area contributed by atoms with Crippen LogP contribution in [0.3, 0.4) is 0 Å². The fourth-order valence-corrected chi connectivity index (χ4v) is 3.30. The number of carbonyl (C=O) groups is 1. The smallest absolute Gasteiger partial charge is 0.225 e. The average molecular weight is 337 g/mol. The van der Waals surface area contributed by atoms with Crippen molar-refractivity contribution >= 4 is 11.6 Å². The van der Waals surface area contributed by atoms with E-state index in [2.05, 4.69) is 15.5 Å². The quantitative estimate of drug-likeness (QED) is 0.667. The van der Waals surface area contributed by atoms with Gasteiger partial charge in [-0.2, -0.15) is 5.10 Å². The first-order valence-electron chi connectivity index (χ1n) is 7.95. The highest BCUT2D eigenvalue weighted by Gasteiger charge is 2.30. The highest BCUT2D eigenvalue weighted by Crippen LogP contribution is 2.42. The number of halogens is 1. The van der Waals surface area contributed by atoms with Crippen molar-refractivity contribution in [2.75, 3.05) is 5.32 Å². The van der Waals surface area contributed by atoms with Crippen LogP contribution in [0, 0.1) is 12.7 Å². The van der Waals surface area contributed by atoms with E-state index in [0.717, 1.165) is 27.9 Å². The van der Waals surface area contributed by atoms with Crippen LogP contribution >= 0.6 is 0 Å². The zero-order valence-corrected chi connectivity index (χ0v) is 13.5. The lowest BCUT2D eigenvalue weighted by Crippen LogP contribution is -2.23. The van der Waals surface area contributed by atoms with Gasteiger partial charge in [0.2, 0.25) is 5.91 Å². The first-order valence-corrected chi connectivity index (χ1v) is 7.95. The van der Waals surface area contributed by atoms with Crippen LogP contribution in [0.4, 0.5) is 10.1 Å². The van der Waals surface area contributed by atoms with Gasteiger partial charge < -0.3 is 10.4 Å². The van der Waals surface area contributed by atoms with Gasteiger partial charge in [-0.1, -0.05) is 0 Å². The molecule has 1 atom stereocenters. The molecule has 2 heterocycles. The summed E-state index contributed by atoms with van der Waals surface area (Å²) < 4.78 is 13.2. The summed E-state index contributed by atoms with van der Waals surface area (Å²) in [5.41, 5.74) is 4.71. The number of aryl methyl sites for hydroxylation is 1. The second kappa shape index (κ2) is 5.73. The summed E-state index contributed by atoms with van der Waals surface area (Å²) in [5, 5.41) is 19.8. The van der Waals surface area contributed by atoms with Gasteiger partial charge >= 0.3 is 0 Å². The second-order valence-electron chi connectivity index (χ2n) is 6.24. The summed E-state index contributed by atoms with van der Waals surface area (Å²) in [4.78, 5) is 12.1. The fourth-order valence-electron chi connectivity index (χ4n) is 3.30. The maximum atomic E-state index is 13.2. The first kappa shape index (κ1) is 15.4. The molecule has 0 bridgehead atoms. The Labute approximate surface area is 143 Å². The molecule has 0 spiro atoms. The van der Waals surface area contributed by atoms with Gasteiger partial charge in [-0.15, -0.1) is 0 Å². The lowest BCUT2D eigenvalue weighted by molar-refractivity contribution is -0.116. The van der Waals surface area contributed by atoms with Crippen molar-refractivity contribution in [1.29, 1.82) is 0 Å². The van der Waals surface area contributed by atoms with E-state index in [1.807, 2.05) is 13.0 Å². The number of carbonyl (C=O) groups excluding carboxylic acids is 1. The monoisotopic (exact) mass is 337 g/mol. The number of nitrogens with zero attached hydrogens (tertiary/aromatic N) is 1. The van der Waals surface area contributed by atoms with Gasteiger partial charge in [0.15, 0.2) is 0 Å². The topological polar surface area (TPSA) is 78.0 Å². The minimum atomic E-state index is -0.307. The number of fused-ring (bicyclic) bond motifs is 1. The first-order chi connectivity index (χ1) is 12.0. The number of nitrogens with one attached hydrogen (secondary N) is 2. The number of amides is 1. The van der Waals surface area contributed by atoms with Gasteiger partial charge in [-0.05, 0) is 48.4 Å². The Balaban J connectivity index is 1.84. The van der Waals surface area contributed by atoms with Crippen molar-refractivity contribution in [3.05, 3.63) is 65.1 Å². The van der Waals surface area contributed by atoms with Crippen molar-refractivity contribution in [1.82, 2.24) is 10.2 Å². The van der Waals surface area contributed by atoms with E-state index in [9.17, 15) is 14.3 Å². The molecule has 25 heavy (non-hydrogen) atoms. The van der Waals surface area contributed by atoms with Crippen LogP contribution in [0.2, 0.25) is 0 Å². The molecular formula is C19H16FN3O2. The van der Waals surface area contributed by atoms with Gasteiger partial charge in [0, 0.05) is 35.2 Å². The molecule has 3 aromatic rings. The van der Waals surface area contributed by atoms with Crippen molar-refractivity contribution in [2.24, 2.45) is 0 Å². The molecule has 6 heteroatoms. The Bertz CT molecular complexity index is 963. The zero-order valence-electron chi connectivity index (χ0n) is 13.5. The van der Waals surface area contributed by atoms with Crippen molar-refractivity contribution in [2.45, 2.75) is 19.3 Å². The maximum Gasteiger partial charge on any atom is 0.225 e. The molecule has 3 N–H and O–H groups in total. The number of rotatable bonds is 2. The summed E-state index contributed by atoms with van der Waals surface area (Å²) in [7, 11) is 0. The molecule has 1 aromatic heterocycles. The molecule has 0 saturated heterocycles. The summed E-state index contributed by atoms with van der Waals surface area (Å²) in [5.74, 6) is -0.474. The summed E-state index contributed by atoms with van der Waals surface area (Å²) in [6.07, 6.45) is 1.98. The lowest BCUT2D eigenvalue weighted by Gasteiger charge is -2.26. The van der Waals surface area contributed by atoms with E-state index >= 15 is 0 Å². The van der Waals surface area contributed by atoms with E-state index in [4.69, 9.17) is 0 Å². The fraction of sp³-hybridized carbons (Fsp3) is 0.158. The van der Waals surface area contributed by atoms with Crippen molar-refractivity contribution < 1.29 is 14.3 Å². The molecule has 0 radical (unpaired) electrons. The maximum absolute atomic E-state index is 13.2. The molecule has 1 amide bonds. The largest absolute Gasteiger partial charge is 0.508 e. The molecule has 0 unspecified atom stereocenters. The molecule has 126 valence electrons. The lowest BCUT2D eigenvalue weighted by atomic mass is 9.83. The Kier molecular flexibility index (Phi) is 3.53. The van der Waals surface area contributed by atoms with E-state index in [-0.39, 0.29) is 29.8 Å². The number of aromatic nitrogens is 2. The highest BCUT2D eigenvalue weighted by atomic mass is 19.1. The summed E-state index contributed by atoms with van der Waals surface area (Å²) in [6.45, 7) is 1.82. The Morgan fingerprint density at radius 2 is 1.96 bits per heavy atom. The van der Waals surface area contributed by atoms with Crippen LogP contribution in [-0.4, -0.2) is 21.2 Å². The Morgan fingerprint density at radius 3 is 2.72 bits per heavy atom. The third-order valence-corrected chi connectivity index (χ3v) is 4.58. The minimum Gasteiger partial charge on any atom is -0.508 e. The number of anilines is 1. The van der Waals surface area contributed by atoms with Crippen LogP contribution in [-0.2, 0) is 4.79 Å².